The van der Waals surface area contributed by atoms with Gasteiger partial charge in [0.05, 0.1) is 17.3 Å². The summed E-state index contributed by atoms with van der Waals surface area (Å²) in [7, 11) is -3.50. The van der Waals surface area contributed by atoms with Crippen molar-refractivity contribution in [3.63, 3.8) is 0 Å². The van der Waals surface area contributed by atoms with Gasteiger partial charge in [-0.3, -0.25) is 4.98 Å². The number of hydrogen-bond acceptors (Lipinski definition) is 6. The molecular weight excluding hydrogens is 386 g/mol. The summed E-state index contributed by atoms with van der Waals surface area (Å²) in [5, 5.41) is 6.83. The molecule has 1 saturated heterocycles. The number of rotatable bonds is 10. The second-order valence-electron chi connectivity index (χ2n) is 8.13. The molecule has 7 heteroatoms. The van der Waals surface area contributed by atoms with Gasteiger partial charge < -0.3 is 15.4 Å². The first kappa shape index (κ1) is 21.7. The van der Waals surface area contributed by atoms with Gasteiger partial charge in [-0.2, -0.15) is 0 Å². The summed E-state index contributed by atoms with van der Waals surface area (Å²) in [5.41, 5.74) is 1.59. The van der Waals surface area contributed by atoms with E-state index in [9.17, 15) is 8.42 Å². The highest BCUT2D eigenvalue weighted by Crippen LogP contribution is 2.24. The van der Waals surface area contributed by atoms with E-state index in [1.807, 2.05) is 6.07 Å². The molecule has 158 valence electrons. The average molecular weight is 418 g/mol. The number of aromatic nitrogens is 1. The maximum absolute atomic E-state index is 13.0. The van der Waals surface area contributed by atoms with E-state index in [4.69, 9.17) is 4.74 Å². The molecule has 2 N–H and O–H groups in total. The van der Waals surface area contributed by atoms with Gasteiger partial charge in [-0.15, -0.1) is 0 Å². The number of ether oxygens (including phenoxy) is 1. The Morgan fingerprint density at radius 1 is 1.28 bits per heavy atom. The molecule has 0 amide bonds. The lowest BCUT2D eigenvalue weighted by molar-refractivity contribution is 0.270. The minimum absolute atomic E-state index is 0.0743. The second kappa shape index (κ2) is 10.2. The fourth-order valence-electron chi connectivity index (χ4n) is 3.35. The lowest BCUT2D eigenvalue weighted by atomic mass is 10.1. The van der Waals surface area contributed by atoms with E-state index in [-0.39, 0.29) is 5.75 Å². The molecule has 1 unspecified atom stereocenters. The molecule has 0 radical (unpaired) electrons. The summed E-state index contributed by atoms with van der Waals surface area (Å²) in [4.78, 5) is 4.31. The zero-order chi connectivity index (χ0) is 20.7. The lowest BCUT2D eigenvalue weighted by Gasteiger charge is -2.15. The highest BCUT2D eigenvalue weighted by molar-refractivity contribution is 7.90. The minimum atomic E-state index is -3.50. The second-order valence-corrected chi connectivity index (χ2v) is 10.1. The first-order valence-corrected chi connectivity index (χ1v) is 11.9. The zero-order valence-electron chi connectivity index (χ0n) is 17.2. The highest BCUT2D eigenvalue weighted by atomic mass is 32.2. The van der Waals surface area contributed by atoms with Crippen LogP contribution in [-0.4, -0.2) is 39.6 Å². The molecule has 2 aromatic rings. The van der Waals surface area contributed by atoms with Crippen molar-refractivity contribution in [3.05, 3.63) is 53.9 Å². The molecule has 29 heavy (non-hydrogen) atoms. The van der Waals surface area contributed by atoms with Crippen LogP contribution >= 0.6 is 0 Å². The summed E-state index contributed by atoms with van der Waals surface area (Å²) < 4.78 is 31.9. The normalized spacial score (nSPS) is 17.0. The predicted molar refractivity (Wildman–Crippen MR) is 115 cm³/mol. The molecule has 0 aliphatic carbocycles. The van der Waals surface area contributed by atoms with Gasteiger partial charge in [-0.1, -0.05) is 19.9 Å². The van der Waals surface area contributed by atoms with Gasteiger partial charge in [0.15, 0.2) is 9.84 Å². The third-order valence-electron chi connectivity index (χ3n) is 4.89. The van der Waals surface area contributed by atoms with E-state index >= 15 is 0 Å². The number of nitrogens with one attached hydrogen (secondary N) is 2. The fourth-order valence-corrected chi connectivity index (χ4v) is 4.76. The summed E-state index contributed by atoms with van der Waals surface area (Å²) in [5.74, 6) is 1.52. The van der Waals surface area contributed by atoms with Crippen LogP contribution in [0.25, 0.3) is 0 Å². The molecule has 2 heterocycles. The Morgan fingerprint density at radius 2 is 2.14 bits per heavy atom. The van der Waals surface area contributed by atoms with Crippen molar-refractivity contribution in [2.75, 3.05) is 26.2 Å². The standard InChI is InChI=1S/C22H31N3O3S/c1-17(2)15-28-21-8-20(14-25-12-18-5-7-24-11-18)9-22(10-21)29(26,27)16-19-4-3-6-23-13-19/h3-4,6,8-10,13,17-18,24-25H,5,7,11-12,14-16H2,1-2H3. The summed E-state index contributed by atoms with van der Waals surface area (Å²) in [6, 6.07) is 8.86. The van der Waals surface area contributed by atoms with Crippen LogP contribution in [0, 0.1) is 11.8 Å². The van der Waals surface area contributed by atoms with Crippen LogP contribution in [0.3, 0.4) is 0 Å². The van der Waals surface area contributed by atoms with Crippen molar-refractivity contribution >= 4 is 9.84 Å². The van der Waals surface area contributed by atoms with Crippen LogP contribution in [-0.2, 0) is 22.1 Å². The Kier molecular flexibility index (Phi) is 7.64. The van der Waals surface area contributed by atoms with Gasteiger partial charge in [0.25, 0.3) is 0 Å². The SMILES string of the molecule is CC(C)COc1cc(CNCC2CCNC2)cc(S(=O)(=O)Cc2cccnc2)c1. The van der Waals surface area contributed by atoms with Crippen molar-refractivity contribution < 1.29 is 13.2 Å². The van der Waals surface area contributed by atoms with E-state index in [0.29, 0.717) is 41.2 Å². The Bertz CT molecular complexity index is 879. The molecule has 1 fully saturated rings. The molecule has 1 aliphatic rings. The van der Waals surface area contributed by atoms with E-state index < -0.39 is 9.84 Å². The quantitative estimate of drug-likeness (QED) is 0.619. The molecule has 1 aromatic carbocycles. The monoisotopic (exact) mass is 417 g/mol. The van der Waals surface area contributed by atoms with E-state index in [2.05, 4.69) is 29.5 Å². The van der Waals surface area contributed by atoms with Crippen LogP contribution in [0.4, 0.5) is 0 Å². The number of nitrogens with zero attached hydrogens (tertiary/aromatic N) is 1. The van der Waals surface area contributed by atoms with Gasteiger partial charge in [-0.25, -0.2) is 8.42 Å². The summed E-state index contributed by atoms with van der Waals surface area (Å²) in [6.45, 7) is 8.33. The van der Waals surface area contributed by atoms with Crippen molar-refractivity contribution in [2.24, 2.45) is 11.8 Å². The highest BCUT2D eigenvalue weighted by Gasteiger charge is 2.19. The van der Waals surface area contributed by atoms with E-state index in [1.165, 1.54) is 6.42 Å². The predicted octanol–water partition coefficient (Wildman–Crippen LogP) is 2.79. The number of pyridine rings is 1. The molecule has 1 atom stereocenters. The smallest absolute Gasteiger partial charge is 0.182 e. The van der Waals surface area contributed by atoms with Crippen molar-refractivity contribution in [3.8, 4) is 5.75 Å². The van der Waals surface area contributed by atoms with Gasteiger partial charge in [0, 0.05) is 18.9 Å². The first-order valence-electron chi connectivity index (χ1n) is 10.2. The molecule has 3 rings (SSSR count). The number of sulfone groups is 1. The Labute approximate surface area is 174 Å². The van der Waals surface area contributed by atoms with Crippen LogP contribution in [0.2, 0.25) is 0 Å². The Hall–Kier alpha value is -1.96. The molecule has 0 saturated carbocycles. The number of hydrogen-bond donors (Lipinski definition) is 2. The molecule has 0 spiro atoms. The van der Waals surface area contributed by atoms with Crippen molar-refractivity contribution in [1.82, 2.24) is 15.6 Å². The maximum Gasteiger partial charge on any atom is 0.182 e. The first-order chi connectivity index (χ1) is 13.9. The minimum Gasteiger partial charge on any atom is -0.493 e. The van der Waals surface area contributed by atoms with Crippen LogP contribution in [0.15, 0.2) is 47.6 Å². The maximum atomic E-state index is 13.0. The largest absolute Gasteiger partial charge is 0.493 e. The molecular formula is C22H31N3O3S. The lowest BCUT2D eigenvalue weighted by Crippen LogP contribution is -2.24. The summed E-state index contributed by atoms with van der Waals surface area (Å²) in [6.07, 6.45) is 4.41. The zero-order valence-corrected chi connectivity index (χ0v) is 18.0. The van der Waals surface area contributed by atoms with Crippen molar-refractivity contribution in [2.45, 2.75) is 37.5 Å². The Balaban J connectivity index is 1.77. The van der Waals surface area contributed by atoms with Gasteiger partial charge in [0.1, 0.15) is 5.75 Å². The topological polar surface area (TPSA) is 80.3 Å². The van der Waals surface area contributed by atoms with Crippen LogP contribution < -0.4 is 15.4 Å². The van der Waals surface area contributed by atoms with Gasteiger partial charge in [0.2, 0.25) is 0 Å². The average Bonchev–Trinajstić information content (AvgIpc) is 3.20. The van der Waals surface area contributed by atoms with Gasteiger partial charge in [-0.05, 0) is 73.3 Å². The van der Waals surface area contributed by atoms with Crippen LogP contribution in [0.5, 0.6) is 5.75 Å². The van der Waals surface area contributed by atoms with E-state index in [0.717, 1.165) is 25.2 Å². The Morgan fingerprint density at radius 3 is 2.83 bits per heavy atom. The molecule has 0 bridgehead atoms. The van der Waals surface area contributed by atoms with E-state index in [1.54, 1.807) is 36.7 Å². The summed E-state index contributed by atoms with van der Waals surface area (Å²) >= 11 is 0. The molecule has 6 nitrogen and oxygen atoms in total. The van der Waals surface area contributed by atoms with Crippen LogP contribution in [0.1, 0.15) is 31.4 Å². The van der Waals surface area contributed by atoms with Crippen molar-refractivity contribution in [1.29, 1.82) is 0 Å². The molecule has 1 aromatic heterocycles. The number of benzene rings is 1. The van der Waals surface area contributed by atoms with Gasteiger partial charge >= 0.3 is 0 Å². The third kappa shape index (κ3) is 6.80. The third-order valence-corrected chi connectivity index (χ3v) is 6.55. The fraction of sp³-hybridized carbons (Fsp3) is 0.500. The molecule has 1 aliphatic heterocycles.